The molecule has 0 aromatic carbocycles. The SMILES string of the molecule is COCC(NC(=O)C1CCCN1C(=O)c1cccs1)C(=O)O. The Morgan fingerprint density at radius 3 is 2.91 bits per heavy atom. The summed E-state index contributed by atoms with van der Waals surface area (Å²) in [6, 6.07) is 1.75. The number of amides is 2. The fraction of sp³-hybridized carbons (Fsp3) is 0.500. The molecule has 2 heterocycles. The van der Waals surface area contributed by atoms with E-state index >= 15 is 0 Å². The second kappa shape index (κ2) is 7.37. The highest BCUT2D eigenvalue weighted by Crippen LogP contribution is 2.22. The summed E-state index contributed by atoms with van der Waals surface area (Å²) in [5.74, 6) is -1.80. The molecular weight excluding hydrogens is 308 g/mol. The summed E-state index contributed by atoms with van der Waals surface area (Å²) in [5.41, 5.74) is 0. The van der Waals surface area contributed by atoms with E-state index in [1.807, 2.05) is 0 Å². The summed E-state index contributed by atoms with van der Waals surface area (Å²) < 4.78 is 4.79. The Morgan fingerprint density at radius 2 is 2.32 bits per heavy atom. The van der Waals surface area contributed by atoms with E-state index in [-0.39, 0.29) is 12.5 Å². The third-order valence-electron chi connectivity index (χ3n) is 3.50. The third-order valence-corrected chi connectivity index (χ3v) is 4.35. The molecule has 2 unspecified atom stereocenters. The van der Waals surface area contributed by atoms with Gasteiger partial charge in [0.2, 0.25) is 5.91 Å². The van der Waals surface area contributed by atoms with Gasteiger partial charge in [0.05, 0.1) is 11.5 Å². The standard InChI is InChI=1S/C14H18N2O5S/c1-21-8-9(14(19)20)15-12(17)10-4-2-6-16(10)13(18)11-5-3-7-22-11/h3,5,7,9-10H,2,4,6,8H2,1H3,(H,15,17)(H,19,20). The summed E-state index contributed by atoms with van der Waals surface area (Å²) in [6.45, 7) is 0.378. The van der Waals surface area contributed by atoms with E-state index in [0.717, 1.165) is 6.42 Å². The van der Waals surface area contributed by atoms with E-state index in [2.05, 4.69) is 5.32 Å². The van der Waals surface area contributed by atoms with Gasteiger partial charge in [0.15, 0.2) is 6.04 Å². The van der Waals surface area contributed by atoms with Crippen molar-refractivity contribution in [2.24, 2.45) is 0 Å². The third kappa shape index (κ3) is 3.63. The second-order valence-electron chi connectivity index (χ2n) is 4.99. The molecule has 8 heteroatoms. The fourth-order valence-electron chi connectivity index (χ4n) is 2.43. The van der Waals surface area contributed by atoms with Gasteiger partial charge in [0.25, 0.3) is 5.91 Å². The predicted molar refractivity (Wildman–Crippen MR) is 79.8 cm³/mol. The number of carbonyl (C=O) groups is 3. The number of hydrogen-bond donors (Lipinski definition) is 2. The Bertz CT molecular complexity index is 545. The topological polar surface area (TPSA) is 95.9 Å². The van der Waals surface area contributed by atoms with E-state index in [4.69, 9.17) is 9.84 Å². The highest BCUT2D eigenvalue weighted by molar-refractivity contribution is 7.12. The van der Waals surface area contributed by atoms with Gasteiger partial charge in [0.1, 0.15) is 6.04 Å². The molecule has 2 atom stereocenters. The number of thiophene rings is 1. The van der Waals surface area contributed by atoms with Gasteiger partial charge in [-0.2, -0.15) is 0 Å². The number of likely N-dealkylation sites (tertiary alicyclic amines) is 1. The molecule has 0 aliphatic carbocycles. The minimum absolute atomic E-state index is 0.118. The summed E-state index contributed by atoms with van der Waals surface area (Å²) >= 11 is 1.32. The van der Waals surface area contributed by atoms with Crippen LogP contribution in [0.5, 0.6) is 0 Å². The number of aliphatic carboxylic acids is 1. The number of ether oxygens (including phenoxy) is 1. The Morgan fingerprint density at radius 1 is 1.55 bits per heavy atom. The Kier molecular flexibility index (Phi) is 5.51. The Labute approximate surface area is 131 Å². The molecule has 2 rings (SSSR count). The van der Waals surface area contributed by atoms with Crippen LogP contribution in [0.2, 0.25) is 0 Å². The summed E-state index contributed by atoms with van der Waals surface area (Å²) in [4.78, 5) is 37.8. The Hall–Kier alpha value is -1.93. The van der Waals surface area contributed by atoms with Crippen molar-refractivity contribution < 1.29 is 24.2 Å². The Balaban J connectivity index is 2.05. The van der Waals surface area contributed by atoms with E-state index in [0.29, 0.717) is 17.8 Å². The number of rotatable bonds is 6. The molecular formula is C14H18N2O5S. The minimum atomic E-state index is -1.16. The van der Waals surface area contributed by atoms with Crippen LogP contribution in [-0.2, 0) is 14.3 Å². The maximum Gasteiger partial charge on any atom is 0.328 e. The van der Waals surface area contributed by atoms with Gasteiger partial charge in [-0.15, -0.1) is 11.3 Å². The van der Waals surface area contributed by atoms with E-state index in [1.165, 1.54) is 23.3 Å². The first-order valence-electron chi connectivity index (χ1n) is 6.91. The van der Waals surface area contributed by atoms with Crippen LogP contribution < -0.4 is 5.32 Å². The number of nitrogens with zero attached hydrogens (tertiary/aromatic N) is 1. The molecule has 1 aromatic heterocycles. The van der Waals surface area contributed by atoms with Crippen LogP contribution in [0.3, 0.4) is 0 Å². The van der Waals surface area contributed by atoms with Crippen molar-refractivity contribution in [3.05, 3.63) is 22.4 Å². The first-order valence-corrected chi connectivity index (χ1v) is 7.79. The van der Waals surface area contributed by atoms with Crippen LogP contribution in [-0.4, -0.2) is 60.1 Å². The summed E-state index contributed by atoms with van der Waals surface area (Å²) in [5, 5.41) is 13.3. The summed E-state index contributed by atoms with van der Waals surface area (Å²) in [6.07, 6.45) is 1.25. The van der Waals surface area contributed by atoms with E-state index < -0.39 is 24.0 Å². The number of carbonyl (C=O) groups excluding carboxylic acids is 2. The lowest BCUT2D eigenvalue weighted by Crippen LogP contribution is -2.52. The molecule has 0 spiro atoms. The van der Waals surface area contributed by atoms with Crippen molar-refractivity contribution in [2.75, 3.05) is 20.3 Å². The molecule has 7 nitrogen and oxygen atoms in total. The molecule has 0 radical (unpaired) electrons. The maximum atomic E-state index is 12.4. The molecule has 120 valence electrons. The highest BCUT2D eigenvalue weighted by Gasteiger charge is 2.36. The highest BCUT2D eigenvalue weighted by atomic mass is 32.1. The number of methoxy groups -OCH3 is 1. The van der Waals surface area contributed by atoms with Gasteiger partial charge >= 0.3 is 5.97 Å². The first-order chi connectivity index (χ1) is 10.5. The molecule has 2 N–H and O–H groups in total. The van der Waals surface area contributed by atoms with Crippen molar-refractivity contribution in [1.29, 1.82) is 0 Å². The first kappa shape index (κ1) is 16.4. The zero-order valence-electron chi connectivity index (χ0n) is 12.2. The second-order valence-corrected chi connectivity index (χ2v) is 5.94. The average Bonchev–Trinajstić information content (AvgIpc) is 3.17. The predicted octanol–water partition coefficient (Wildman–Crippen LogP) is 0.568. The zero-order chi connectivity index (χ0) is 16.1. The van der Waals surface area contributed by atoms with Gasteiger partial charge in [-0.3, -0.25) is 9.59 Å². The fourth-order valence-corrected chi connectivity index (χ4v) is 3.11. The lowest BCUT2D eigenvalue weighted by atomic mass is 10.2. The molecule has 22 heavy (non-hydrogen) atoms. The van der Waals surface area contributed by atoms with Crippen molar-refractivity contribution in [2.45, 2.75) is 24.9 Å². The van der Waals surface area contributed by atoms with Crippen LogP contribution in [0.25, 0.3) is 0 Å². The quantitative estimate of drug-likeness (QED) is 0.797. The molecule has 2 amide bonds. The van der Waals surface area contributed by atoms with Crippen molar-refractivity contribution in [3.8, 4) is 0 Å². The molecule has 1 aliphatic rings. The zero-order valence-corrected chi connectivity index (χ0v) is 13.0. The van der Waals surface area contributed by atoms with Gasteiger partial charge in [-0.05, 0) is 24.3 Å². The molecule has 0 saturated carbocycles. The number of carboxylic acid groups (broad SMARTS) is 1. The lowest BCUT2D eigenvalue weighted by molar-refractivity contribution is -0.143. The van der Waals surface area contributed by atoms with Gasteiger partial charge in [-0.25, -0.2) is 4.79 Å². The van der Waals surface area contributed by atoms with Crippen LogP contribution in [0, 0.1) is 0 Å². The van der Waals surface area contributed by atoms with E-state index in [1.54, 1.807) is 17.5 Å². The van der Waals surface area contributed by atoms with Gasteiger partial charge in [-0.1, -0.05) is 6.07 Å². The number of hydrogen-bond acceptors (Lipinski definition) is 5. The summed E-state index contributed by atoms with van der Waals surface area (Å²) in [7, 11) is 1.37. The smallest absolute Gasteiger partial charge is 0.328 e. The number of nitrogens with one attached hydrogen (secondary N) is 1. The molecule has 0 bridgehead atoms. The van der Waals surface area contributed by atoms with E-state index in [9.17, 15) is 14.4 Å². The molecule has 1 aliphatic heterocycles. The monoisotopic (exact) mass is 326 g/mol. The molecule has 1 fully saturated rings. The van der Waals surface area contributed by atoms with Crippen LogP contribution in [0.4, 0.5) is 0 Å². The van der Waals surface area contributed by atoms with Gasteiger partial charge in [0, 0.05) is 13.7 Å². The largest absolute Gasteiger partial charge is 0.480 e. The van der Waals surface area contributed by atoms with Crippen LogP contribution in [0.1, 0.15) is 22.5 Å². The molecule has 1 aromatic rings. The maximum absolute atomic E-state index is 12.4. The minimum Gasteiger partial charge on any atom is -0.480 e. The van der Waals surface area contributed by atoms with Crippen molar-refractivity contribution in [1.82, 2.24) is 10.2 Å². The van der Waals surface area contributed by atoms with Crippen LogP contribution >= 0.6 is 11.3 Å². The van der Waals surface area contributed by atoms with Crippen molar-refractivity contribution >= 4 is 29.1 Å². The average molecular weight is 326 g/mol. The van der Waals surface area contributed by atoms with Crippen molar-refractivity contribution in [3.63, 3.8) is 0 Å². The molecule has 1 saturated heterocycles. The van der Waals surface area contributed by atoms with Gasteiger partial charge < -0.3 is 20.1 Å². The normalized spacial score (nSPS) is 19.0. The van der Waals surface area contributed by atoms with Crippen LogP contribution in [0.15, 0.2) is 17.5 Å². The number of carboxylic acids is 1. The lowest BCUT2D eigenvalue weighted by Gasteiger charge is -2.25.